The number of aromatic amines is 1. The van der Waals surface area contributed by atoms with Crippen molar-refractivity contribution < 1.29 is 19.1 Å². The van der Waals surface area contributed by atoms with Gasteiger partial charge in [0.05, 0.1) is 14.2 Å². The van der Waals surface area contributed by atoms with Crippen LogP contribution in [0.25, 0.3) is 10.9 Å². The van der Waals surface area contributed by atoms with Crippen LogP contribution in [-0.4, -0.2) is 59.4 Å². The van der Waals surface area contributed by atoms with Crippen molar-refractivity contribution in [2.24, 2.45) is 0 Å². The third kappa shape index (κ3) is 2.73. The molecule has 1 aromatic heterocycles. The molecule has 0 bridgehead atoms. The zero-order chi connectivity index (χ0) is 22.0. The van der Waals surface area contributed by atoms with E-state index in [1.54, 1.807) is 24.0 Å². The molecule has 2 aliphatic heterocycles. The number of benzene rings is 2. The summed E-state index contributed by atoms with van der Waals surface area (Å²) >= 11 is 0. The lowest BCUT2D eigenvalue weighted by molar-refractivity contribution is -0.159. The standard InChI is InChI=1S/C25H25N3O4/c1-31-15-9-10-21(32-2)18(11-15)24-23-17(16-5-3-4-6-19(16)26-23)12-20-25(30)27(14-7-8-14)13-22(29)28(20)24/h3-6,9-11,14,20,24,26H,7-8,12-13H2,1-2H3/t20-,24?/m0/s1. The van der Waals surface area contributed by atoms with E-state index in [2.05, 4.69) is 11.1 Å². The molecule has 1 saturated carbocycles. The number of hydrogen-bond donors (Lipinski definition) is 1. The quantitative estimate of drug-likeness (QED) is 0.689. The Balaban J connectivity index is 1.58. The molecule has 1 saturated heterocycles. The molecule has 3 aromatic rings. The largest absolute Gasteiger partial charge is 0.497 e. The van der Waals surface area contributed by atoms with E-state index in [0.29, 0.717) is 17.9 Å². The fraction of sp³-hybridized carbons (Fsp3) is 0.360. The minimum atomic E-state index is -0.524. The molecule has 6 rings (SSSR count). The fourth-order valence-corrected chi connectivity index (χ4v) is 5.36. The van der Waals surface area contributed by atoms with Gasteiger partial charge in [-0.15, -0.1) is 0 Å². The van der Waals surface area contributed by atoms with Gasteiger partial charge in [0.25, 0.3) is 0 Å². The number of methoxy groups -OCH3 is 2. The summed E-state index contributed by atoms with van der Waals surface area (Å²) in [4.78, 5) is 34.2. The van der Waals surface area contributed by atoms with Crippen molar-refractivity contribution >= 4 is 22.7 Å². The molecular formula is C25H25N3O4. The smallest absolute Gasteiger partial charge is 0.246 e. The molecule has 2 aromatic carbocycles. The Morgan fingerprint density at radius 1 is 1.03 bits per heavy atom. The molecule has 1 aliphatic carbocycles. The van der Waals surface area contributed by atoms with Crippen molar-refractivity contribution in [2.75, 3.05) is 20.8 Å². The number of piperazine rings is 1. The Morgan fingerprint density at radius 3 is 2.59 bits per heavy atom. The minimum Gasteiger partial charge on any atom is -0.497 e. The first-order valence-electron chi connectivity index (χ1n) is 11.0. The van der Waals surface area contributed by atoms with Crippen LogP contribution in [0.4, 0.5) is 0 Å². The average molecular weight is 431 g/mol. The van der Waals surface area contributed by atoms with Crippen molar-refractivity contribution in [1.29, 1.82) is 0 Å². The van der Waals surface area contributed by atoms with Crippen molar-refractivity contribution in [1.82, 2.24) is 14.8 Å². The van der Waals surface area contributed by atoms with Gasteiger partial charge in [-0.3, -0.25) is 9.59 Å². The van der Waals surface area contributed by atoms with Crippen molar-refractivity contribution in [2.45, 2.75) is 37.4 Å². The number of nitrogens with zero attached hydrogens (tertiary/aromatic N) is 2. The second-order valence-electron chi connectivity index (χ2n) is 8.79. The summed E-state index contributed by atoms with van der Waals surface area (Å²) in [6.45, 7) is 0.137. The first kappa shape index (κ1) is 19.2. The summed E-state index contributed by atoms with van der Waals surface area (Å²) in [5.41, 5.74) is 3.85. The maximum atomic E-state index is 13.6. The first-order valence-corrected chi connectivity index (χ1v) is 11.0. The molecule has 2 fully saturated rings. The molecule has 3 heterocycles. The number of para-hydroxylation sites is 1. The van der Waals surface area contributed by atoms with Crippen LogP contribution < -0.4 is 9.47 Å². The van der Waals surface area contributed by atoms with E-state index >= 15 is 0 Å². The Hall–Kier alpha value is -3.48. The molecular weight excluding hydrogens is 406 g/mol. The van der Waals surface area contributed by atoms with Crippen LogP contribution in [0.5, 0.6) is 11.5 Å². The molecule has 2 amide bonds. The molecule has 0 radical (unpaired) electrons. The number of rotatable bonds is 4. The highest BCUT2D eigenvalue weighted by Gasteiger charge is 2.51. The Labute approximate surface area is 185 Å². The second kappa shape index (κ2) is 7.02. The van der Waals surface area contributed by atoms with E-state index in [4.69, 9.17) is 9.47 Å². The first-order chi connectivity index (χ1) is 15.6. The summed E-state index contributed by atoms with van der Waals surface area (Å²) in [7, 11) is 3.24. The molecule has 2 atom stereocenters. The number of ether oxygens (including phenoxy) is 2. The highest BCUT2D eigenvalue weighted by molar-refractivity contribution is 5.98. The highest BCUT2D eigenvalue weighted by Crippen LogP contribution is 2.46. The third-order valence-electron chi connectivity index (χ3n) is 7.01. The zero-order valence-electron chi connectivity index (χ0n) is 18.1. The summed E-state index contributed by atoms with van der Waals surface area (Å²) in [6, 6.07) is 12.9. The summed E-state index contributed by atoms with van der Waals surface area (Å²) in [5, 5.41) is 1.10. The van der Waals surface area contributed by atoms with Crippen LogP contribution in [0.3, 0.4) is 0 Å². The lowest BCUT2D eigenvalue weighted by Gasteiger charge is -2.47. The van der Waals surface area contributed by atoms with Gasteiger partial charge >= 0.3 is 0 Å². The number of H-pyrrole nitrogens is 1. The lowest BCUT2D eigenvalue weighted by atomic mass is 9.85. The van der Waals surface area contributed by atoms with Gasteiger partial charge in [0.1, 0.15) is 30.1 Å². The summed E-state index contributed by atoms with van der Waals surface area (Å²) in [6.07, 6.45) is 2.48. The van der Waals surface area contributed by atoms with Crippen LogP contribution >= 0.6 is 0 Å². The Bertz CT molecular complexity index is 1250. The third-order valence-corrected chi connectivity index (χ3v) is 7.01. The van der Waals surface area contributed by atoms with Gasteiger partial charge in [0.15, 0.2) is 0 Å². The van der Waals surface area contributed by atoms with Crippen molar-refractivity contribution in [3.05, 3.63) is 59.3 Å². The van der Waals surface area contributed by atoms with Gasteiger partial charge in [-0.05, 0) is 42.7 Å². The highest BCUT2D eigenvalue weighted by atomic mass is 16.5. The number of fused-ring (bicyclic) bond motifs is 4. The van der Waals surface area contributed by atoms with Gasteiger partial charge in [-0.2, -0.15) is 0 Å². The summed E-state index contributed by atoms with van der Waals surface area (Å²) in [5.74, 6) is 1.36. The Kier molecular flexibility index (Phi) is 4.22. The molecule has 0 spiro atoms. The van der Waals surface area contributed by atoms with Crippen molar-refractivity contribution in [3.8, 4) is 11.5 Å². The van der Waals surface area contributed by atoms with Gasteiger partial charge in [0, 0.05) is 34.6 Å². The second-order valence-corrected chi connectivity index (χ2v) is 8.79. The SMILES string of the molecule is COc1ccc(OC)c(C2c3[nH]c4ccccc4c3C[C@H]3C(=O)N(C4CC4)CC(=O)N23)c1. The van der Waals surface area contributed by atoms with Gasteiger partial charge < -0.3 is 24.3 Å². The van der Waals surface area contributed by atoms with E-state index in [9.17, 15) is 9.59 Å². The number of carbonyl (C=O) groups is 2. The van der Waals surface area contributed by atoms with E-state index < -0.39 is 12.1 Å². The lowest BCUT2D eigenvalue weighted by Crippen LogP contribution is -2.63. The number of nitrogens with one attached hydrogen (secondary N) is 1. The maximum Gasteiger partial charge on any atom is 0.246 e. The van der Waals surface area contributed by atoms with E-state index in [0.717, 1.165) is 40.6 Å². The zero-order valence-corrected chi connectivity index (χ0v) is 18.1. The molecule has 32 heavy (non-hydrogen) atoms. The van der Waals surface area contributed by atoms with Gasteiger partial charge in [0.2, 0.25) is 11.8 Å². The molecule has 3 aliphatic rings. The Morgan fingerprint density at radius 2 is 1.84 bits per heavy atom. The normalized spacial score (nSPS) is 22.7. The number of aromatic nitrogens is 1. The van der Waals surface area contributed by atoms with E-state index in [-0.39, 0.29) is 24.4 Å². The number of amides is 2. The van der Waals surface area contributed by atoms with Crippen LogP contribution in [0.15, 0.2) is 42.5 Å². The predicted octanol–water partition coefficient (Wildman–Crippen LogP) is 3.03. The maximum absolute atomic E-state index is 13.6. The minimum absolute atomic E-state index is 0.0271. The molecule has 7 nitrogen and oxygen atoms in total. The van der Waals surface area contributed by atoms with E-state index in [1.165, 1.54) is 0 Å². The molecule has 7 heteroatoms. The van der Waals surface area contributed by atoms with Gasteiger partial charge in [-0.25, -0.2) is 0 Å². The van der Waals surface area contributed by atoms with Crippen LogP contribution in [0.1, 0.15) is 35.7 Å². The topological polar surface area (TPSA) is 74.9 Å². The van der Waals surface area contributed by atoms with Crippen LogP contribution in [-0.2, 0) is 16.0 Å². The monoisotopic (exact) mass is 431 g/mol. The summed E-state index contributed by atoms with van der Waals surface area (Å²) < 4.78 is 11.2. The van der Waals surface area contributed by atoms with Gasteiger partial charge in [-0.1, -0.05) is 18.2 Å². The molecule has 1 unspecified atom stereocenters. The van der Waals surface area contributed by atoms with Crippen LogP contribution in [0.2, 0.25) is 0 Å². The van der Waals surface area contributed by atoms with E-state index in [1.807, 2.05) is 36.4 Å². The molecule has 1 N–H and O–H groups in total. The number of carbonyl (C=O) groups excluding carboxylic acids is 2. The fourth-order valence-electron chi connectivity index (χ4n) is 5.36. The average Bonchev–Trinajstić information content (AvgIpc) is 3.60. The molecule has 164 valence electrons. The van der Waals surface area contributed by atoms with Crippen LogP contribution in [0, 0.1) is 0 Å². The number of hydrogen-bond acceptors (Lipinski definition) is 4. The predicted molar refractivity (Wildman–Crippen MR) is 119 cm³/mol. The van der Waals surface area contributed by atoms with Crippen molar-refractivity contribution in [3.63, 3.8) is 0 Å².